The molecule has 2 N–H and O–H groups in total. The molecule has 9 heavy (non-hydrogen) atoms. The highest BCUT2D eigenvalue weighted by atomic mass is 16.3. The van der Waals surface area contributed by atoms with E-state index < -0.39 is 6.23 Å². The molecule has 1 heterocycles. The first kappa shape index (κ1) is 6.22. The van der Waals surface area contributed by atoms with Crippen LogP contribution in [0.3, 0.4) is 0 Å². The second kappa shape index (κ2) is 2.14. The van der Waals surface area contributed by atoms with Crippen molar-refractivity contribution >= 4 is 11.7 Å². The van der Waals surface area contributed by atoms with Gasteiger partial charge in [0.2, 0.25) is 5.91 Å². The maximum absolute atomic E-state index is 10.5. The lowest BCUT2D eigenvalue weighted by molar-refractivity contribution is -0.140. The van der Waals surface area contributed by atoms with Crippen molar-refractivity contribution in [1.29, 1.82) is 0 Å². The molecule has 0 spiro atoms. The van der Waals surface area contributed by atoms with E-state index in [0.29, 0.717) is 0 Å². The minimum absolute atomic E-state index is 0.160. The van der Waals surface area contributed by atoms with Crippen LogP contribution in [0.5, 0.6) is 0 Å². The topological polar surface area (TPSA) is 66.4 Å². The number of Topliss-reactive ketones (excluding diaryl/α,β-unsaturated/α-hetero) is 1. The molecular formula is C5H7NO3. The van der Waals surface area contributed by atoms with Gasteiger partial charge in [0, 0.05) is 12.8 Å². The van der Waals surface area contributed by atoms with Gasteiger partial charge in [-0.2, -0.15) is 0 Å². The Balaban J connectivity index is 2.54. The van der Waals surface area contributed by atoms with Crippen molar-refractivity contribution in [1.82, 2.24) is 5.32 Å². The fourth-order valence-electron chi connectivity index (χ4n) is 0.679. The number of piperidine rings is 1. The zero-order valence-electron chi connectivity index (χ0n) is 4.76. The number of carbonyl (C=O) groups is 2. The summed E-state index contributed by atoms with van der Waals surface area (Å²) in [6.45, 7) is 0. The van der Waals surface area contributed by atoms with Gasteiger partial charge in [-0.1, -0.05) is 0 Å². The Morgan fingerprint density at radius 2 is 2.11 bits per heavy atom. The molecule has 1 amide bonds. The molecule has 1 saturated heterocycles. The lowest BCUT2D eigenvalue weighted by Gasteiger charge is -2.15. The van der Waals surface area contributed by atoms with Gasteiger partial charge in [-0.25, -0.2) is 0 Å². The van der Waals surface area contributed by atoms with E-state index in [1.54, 1.807) is 0 Å². The van der Waals surface area contributed by atoms with Crippen LogP contribution >= 0.6 is 0 Å². The fourth-order valence-corrected chi connectivity index (χ4v) is 0.679. The fraction of sp³-hybridized carbons (Fsp3) is 0.600. The summed E-state index contributed by atoms with van der Waals surface area (Å²) in [5.74, 6) is -0.572. The molecule has 1 rings (SSSR count). The van der Waals surface area contributed by atoms with Crippen molar-refractivity contribution in [2.45, 2.75) is 19.1 Å². The molecule has 1 atom stereocenters. The van der Waals surface area contributed by atoms with E-state index in [1.165, 1.54) is 0 Å². The third-order valence-electron chi connectivity index (χ3n) is 1.20. The van der Waals surface area contributed by atoms with Crippen LogP contribution in [0.2, 0.25) is 0 Å². The van der Waals surface area contributed by atoms with E-state index in [2.05, 4.69) is 5.32 Å². The van der Waals surface area contributed by atoms with Gasteiger partial charge in [0.05, 0.1) is 0 Å². The van der Waals surface area contributed by atoms with E-state index >= 15 is 0 Å². The van der Waals surface area contributed by atoms with Crippen LogP contribution < -0.4 is 5.32 Å². The molecule has 0 aromatic rings. The largest absolute Gasteiger partial charge is 0.367 e. The van der Waals surface area contributed by atoms with Gasteiger partial charge in [-0.3, -0.25) is 9.59 Å². The number of nitrogens with one attached hydrogen (secondary N) is 1. The van der Waals surface area contributed by atoms with Gasteiger partial charge in [0.25, 0.3) is 0 Å². The number of hydrogen-bond donors (Lipinski definition) is 2. The Kier molecular flexibility index (Phi) is 1.48. The minimum Gasteiger partial charge on any atom is -0.367 e. The summed E-state index contributed by atoms with van der Waals surface area (Å²) in [5.41, 5.74) is 0. The molecule has 4 heteroatoms. The van der Waals surface area contributed by atoms with Crippen molar-refractivity contribution in [3.63, 3.8) is 0 Å². The summed E-state index contributed by atoms with van der Waals surface area (Å²) in [6.07, 6.45) is -0.894. The number of rotatable bonds is 0. The lowest BCUT2D eigenvalue weighted by Crippen LogP contribution is -2.45. The maximum Gasteiger partial charge on any atom is 0.222 e. The van der Waals surface area contributed by atoms with Crippen LogP contribution in [0.25, 0.3) is 0 Å². The first-order valence-corrected chi connectivity index (χ1v) is 2.70. The summed E-state index contributed by atoms with van der Waals surface area (Å²) in [5, 5.41) is 10.8. The number of aliphatic hydroxyl groups is 1. The average Bonchev–Trinajstić information content (AvgIpc) is 1.80. The molecule has 1 aliphatic rings. The smallest absolute Gasteiger partial charge is 0.222 e. The van der Waals surface area contributed by atoms with Crippen molar-refractivity contribution in [3.05, 3.63) is 0 Å². The number of aliphatic hydroxyl groups excluding tert-OH is 1. The Labute approximate surface area is 51.9 Å². The number of amides is 1. The van der Waals surface area contributed by atoms with Gasteiger partial charge in [0.1, 0.15) is 0 Å². The van der Waals surface area contributed by atoms with Crippen molar-refractivity contribution in [2.24, 2.45) is 0 Å². The molecule has 50 valence electrons. The molecule has 1 unspecified atom stereocenters. The molecule has 0 aromatic heterocycles. The Morgan fingerprint density at radius 3 is 2.56 bits per heavy atom. The molecular weight excluding hydrogens is 122 g/mol. The SMILES string of the molecule is O=C1CCC(=O)C(O)N1. The van der Waals surface area contributed by atoms with Gasteiger partial charge >= 0.3 is 0 Å². The van der Waals surface area contributed by atoms with Crippen LogP contribution in [-0.4, -0.2) is 23.0 Å². The van der Waals surface area contributed by atoms with Gasteiger partial charge < -0.3 is 10.4 Å². The molecule has 4 nitrogen and oxygen atoms in total. The summed E-state index contributed by atoms with van der Waals surface area (Å²) < 4.78 is 0. The van der Waals surface area contributed by atoms with E-state index in [4.69, 9.17) is 5.11 Å². The molecule has 0 bridgehead atoms. The van der Waals surface area contributed by atoms with E-state index in [0.717, 1.165) is 0 Å². The van der Waals surface area contributed by atoms with E-state index in [9.17, 15) is 9.59 Å². The number of ketones is 1. The molecule has 0 aromatic carbocycles. The number of carbonyl (C=O) groups excluding carboxylic acids is 2. The highest BCUT2D eigenvalue weighted by Gasteiger charge is 2.23. The molecule has 0 aliphatic carbocycles. The third kappa shape index (κ3) is 1.26. The molecule has 1 aliphatic heterocycles. The van der Waals surface area contributed by atoms with E-state index in [1.807, 2.05) is 0 Å². The normalized spacial score (nSPS) is 27.9. The summed E-state index contributed by atoms with van der Waals surface area (Å²) in [7, 11) is 0. The van der Waals surface area contributed by atoms with Crippen LogP contribution in [0.1, 0.15) is 12.8 Å². The quantitative estimate of drug-likeness (QED) is 0.431. The standard InChI is InChI=1S/C5H7NO3/c7-3-1-2-4(8)6-5(3)9/h5,9H,1-2H2,(H,6,8). The maximum atomic E-state index is 10.5. The highest BCUT2D eigenvalue weighted by molar-refractivity contribution is 5.94. The zero-order valence-corrected chi connectivity index (χ0v) is 4.76. The minimum atomic E-state index is -1.26. The van der Waals surface area contributed by atoms with Crippen LogP contribution in [0.4, 0.5) is 0 Å². The first-order valence-electron chi connectivity index (χ1n) is 2.70. The van der Waals surface area contributed by atoms with Gasteiger partial charge in [0.15, 0.2) is 12.0 Å². The van der Waals surface area contributed by atoms with Gasteiger partial charge in [-0.05, 0) is 0 Å². The van der Waals surface area contributed by atoms with Crippen molar-refractivity contribution in [2.75, 3.05) is 0 Å². The molecule has 1 fully saturated rings. The average molecular weight is 129 g/mol. The summed E-state index contributed by atoms with van der Waals surface area (Å²) in [6, 6.07) is 0. The number of hydrogen-bond acceptors (Lipinski definition) is 3. The highest BCUT2D eigenvalue weighted by Crippen LogP contribution is 2.00. The second-order valence-electron chi connectivity index (χ2n) is 1.94. The van der Waals surface area contributed by atoms with Crippen molar-refractivity contribution < 1.29 is 14.7 Å². The summed E-state index contributed by atoms with van der Waals surface area (Å²) >= 11 is 0. The van der Waals surface area contributed by atoms with E-state index in [-0.39, 0.29) is 24.5 Å². The van der Waals surface area contributed by atoms with Crippen molar-refractivity contribution in [3.8, 4) is 0 Å². The second-order valence-corrected chi connectivity index (χ2v) is 1.94. The summed E-state index contributed by atoms with van der Waals surface area (Å²) in [4.78, 5) is 20.9. The zero-order chi connectivity index (χ0) is 6.85. The third-order valence-corrected chi connectivity index (χ3v) is 1.20. The van der Waals surface area contributed by atoms with Crippen LogP contribution in [0, 0.1) is 0 Å². The Morgan fingerprint density at radius 1 is 1.44 bits per heavy atom. The van der Waals surface area contributed by atoms with Crippen LogP contribution in [-0.2, 0) is 9.59 Å². The van der Waals surface area contributed by atoms with Gasteiger partial charge in [-0.15, -0.1) is 0 Å². The lowest BCUT2D eigenvalue weighted by atomic mass is 10.1. The first-order chi connectivity index (χ1) is 4.20. The predicted octanol–water partition coefficient (Wildman–Crippen LogP) is -1.22. The Bertz CT molecular complexity index is 154. The molecule has 0 radical (unpaired) electrons. The Hall–Kier alpha value is -0.900. The predicted molar refractivity (Wildman–Crippen MR) is 28.4 cm³/mol. The van der Waals surface area contributed by atoms with Crippen LogP contribution in [0.15, 0.2) is 0 Å². The molecule has 0 saturated carbocycles. The monoisotopic (exact) mass is 129 g/mol.